The van der Waals surface area contributed by atoms with Gasteiger partial charge in [0.1, 0.15) is 5.75 Å². The predicted molar refractivity (Wildman–Crippen MR) is 99.9 cm³/mol. The van der Waals surface area contributed by atoms with Crippen LogP contribution in [0.25, 0.3) is 0 Å². The van der Waals surface area contributed by atoms with E-state index >= 15 is 0 Å². The maximum absolute atomic E-state index is 5.34. The van der Waals surface area contributed by atoms with Gasteiger partial charge in [0.15, 0.2) is 11.6 Å². The number of methoxy groups -OCH3 is 1. The molecule has 25 heavy (non-hydrogen) atoms. The van der Waals surface area contributed by atoms with Gasteiger partial charge in [-0.05, 0) is 40.9 Å². The standard InChI is InChI=1S/C17H17BrN6O/c1-25-14-5-3-2-4-12(14)20-17-19-9-11(18)16(22-17)21-15-8-13(23-24-15)10-6-7-10/h2-5,8-10H,6-7H2,1H3,(H3,19,20,21,22,23,24). The molecule has 0 amide bonds. The van der Waals surface area contributed by atoms with E-state index in [9.17, 15) is 0 Å². The molecule has 0 saturated heterocycles. The van der Waals surface area contributed by atoms with E-state index in [4.69, 9.17) is 4.74 Å². The van der Waals surface area contributed by atoms with Gasteiger partial charge in [0.05, 0.1) is 17.3 Å². The Morgan fingerprint density at radius 2 is 2.08 bits per heavy atom. The Labute approximate surface area is 153 Å². The van der Waals surface area contributed by atoms with Gasteiger partial charge in [0, 0.05) is 23.9 Å². The van der Waals surface area contributed by atoms with Gasteiger partial charge >= 0.3 is 0 Å². The molecule has 0 aliphatic heterocycles. The molecule has 0 atom stereocenters. The smallest absolute Gasteiger partial charge is 0.229 e. The molecule has 3 aromatic rings. The normalized spacial score (nSPS) is 13.5. The number of aromatic amines is 1. The van der Waals surface area contributed by atoms with E-state index in [0.717, 1.165) is 21.7 Å². The van der Waals surface area contributed by atoms with Crippen molar-refractivity contribution in [1.29, 1.82) is 0 Å². The Balaban J connectivity index is 1.55. The molecule has 1 aliphatic carbocycles. The number of halogens is 1. The van der Waals surface area contributed by atoms with Crippen molar-refractivity contribution in [1.82, 2.24) is 20.2 Å². The molecule has 0 bridgehead atoms. The van der Waals surface area contributed by atoms with Crippen LogP contribution in [0.2, 0.25) is 0 Å². The quantitative estimate of drug-likeness (QED) is 0.570. The molecule has 1 saturated carbocycles. The number of hydrogen-bond donors (Lipinski definition) is 3. The molecule has 1 fully saturated rings. The zero-order chi connectivity index (χ0) is 17.2. The first-order valence-electron chi connectivity index (χ1n) is 7.98. The lowest BCUT2D eigenvalue weighted by atomic mass is 10.3. The van der Waals surface area contributed by atoms with Crippen molar-refractivity contribution in [3.8, 4) is 5.75 Å². The van der Waals surface area contributed by atoms with Crippen LogP contribution in [-0.2, 0) is 0 Å². The summed E-state index contributed by atoms with van der Waals surface area (Å²) in [6.07, 6.45) is 4.15. The molecular weight excluding hydrogens is 384 g/mol. The maximum atomic E-state index is 5.34. The van der Waals surface area contributed by atoms with E-state index in [1.165, 1.54) is 18.5 Å². The fraction of sp³-hybridized carbons (Fsp3) is 0.235. The molecule has 2 aromatic heterocycles. The van der Waals surface area contributed by atoms with E-state index in [-0.39, 0.29) is 0 Å². The molecule has 3 N–H and O–H groups in total. The fourth-order valence-corrected chi connectivity index (χ4v) is 2.80. The van der Waals surface area contributed by atoms with Gasteiger partial charge in [0.2, 0.25) is 5.95 Å². The number of benzene rings is 1. The third kappa shape index (κ3) is 3.58. The van der Waals surface area contributed by atoms with E-state index in [1.807, 2.05) is 30.3 Å². The molecule has 0 unspecified atom stereocenters. The van der Waals surface area contributed by atoms with Crippen molar-refractivity contribution in [3.63, 3.8) is 0 Å². The Bertz CT molecular complexity index is 892. The highest BCUT2D eigenvalue weighted by molar-refractivity contribution is 9.10. The van der Waals surface area contributed by atoms with Crippen LogP contribution in [0.3, 0.4) is 0 Å². The lowest BCUT2D eigenvalue weighted by Gasteiger charge is -2.11. The van der Waals surface area contributed by atoms with Crippen LogP contribution in [0.15, 0.2) is 41.0 Å². The van der Waals surface area contributed by atoms with E-state index in [0.29, 0.717) is 17.7 Å². The zero-order valence-electron chi connectivity index (χ0n) is 13.6. The molecule has 1 aromatic carbocycles. The third-order valence-corrected chi connectivity index (χ3v) is 4.54. The molecule has 1 aliphatic rings. The number of H-pyrrole nitrogens is 1. The van der Waals surface area contributed by atoms with Crippen molar-refractivity contribution in [2.75, 3.05) is 17.7 Å². The summed E-state index contributed by atoms with van der Waals surface area (Å²) in [5.41, 5.74) is 1.97. The van der Waals surface area contributed by atoms with E-state index in [2.05, 4.69) is 46.7 Å². The van der Waals surface area contributed by atoms with Crippen LogP contribution in [0.1, 0.15) is 24.5 Å². The predicted octanol–water partition coefficient (Wildman–Crippen LogP) is 4.34. The van der Waals surface area contributed by atoms with Crippen molar-refractivity contribution in [2.24, 2.45) is 0 Å². The summed E-state index contributed by atoms with van der Waals surface area (Å²) in [6.45, 7) is 0. The summed E-state index contributed by atoms with van der Waals surface area (Å²) in [4.78, 5) is 8.82. The van der Waals surface area contributed by atoms with E-state index < -0.39 is 0 Å². The molecule has 4 rings (SSSR count). The number of hydrogen-bond acceptors (Lipinski definition) is 6. The third-order valence-electron chi connectivity index (χ3n) is 3.96. The monoisotopic (exact) mass is 400 g/mol. The first kappa shape index (κ1) is 15.9. The largest absolute Gasteiger partial charge is 0.495 e. The number of nitrogens with one attached hydrogen (secondary N) is 3. The van der Waals surface area contributed by atoms with Gasteiger partial charge in [-0.15, -0.1) is 0 Å². The lowest BCUT2D eigenvalue weighted by molar-refractivity contribution is 0.417. The van der Waals surface area contributed by atoms with Crippen LogP contribution >= 0.6 is 15.9 Å². The Kier molecular flexibility index (Phi) is 4.27. The second kappa shape index (κ2) is 6.72. The maximum Gasteiger partial charge on any atom is 0.229 e. The van der Waals surface area contributed by atoms with Crippen molar-refractivity contribution in [3.05, 3.63) is 46.7 Å². The zero-order valence-corrected chi connectivity index (χ0v) is 15.2. The highest BCUT2D eigenvalue weighted by Crippen LogP contribution is 2.39. The minimum absolute atomic E-state index is 0.466. The topological polar surface area (TPSA) is 87.8 Å². The molecule has 0 radical (unpaired) electrons. The lowest BCUT2D eigenvalue weighted by Crippen LogP contribution is -2.02. The minimum atomic E-state index is 0.466. The Morgan fingerprint density at radius 3 is 2.88 bits per heavy atom. The van der Waals surface area contributed by atoms with Crippen LogP contribution in [0.4, 0.5) is 23.3 Å². The van der Waals surface area contributed by atoms with Crippen molar-refractivity contribution in [2.45, 2.75) is 18.8 Å². The molecule has 7 nitrogen and oxygen atoms in total. The van der Waals surface area contributed by atoms with Crippen LogP contribution < -0.4 is 15.4 Å². The van der Waals surface area contributed by atoms with Gasteiger partial charge in [-0.3, -0.25) is 5.10 Å². The fourth-order valence-electron chi connectivity index (χ4n) is 2.51. The number of rotatable bonds is 6. The van der Waals surface area contributed by atoms with Crippen LogP contribution in [0.5, 0.6) is 5.75 Å². The Hall–Kier alpha value is -2.61. The minimum Gasteiger partial charge on any atom is -0.495 e. The second-order valence-electron chi connectivity index (χ2n) is 5.82. The summed E-state index contributed by atoms with van der Waals surface area (Å²) in [5.74, 6) is 3.20. The number of nitrogens with zero attached hydrogens (tertiary/aromatic N) is 3. The molecule has 8 heteroatoms. The number of para-hydroxylation sites is 2. The average Bonchev–Trinajstić information content (AvgIpc) is 3.38. The summed E-state index contributed by atoms with van der Waals surface area (Å²) in [6, 6.07) is 9.65. The molecule has 0 spiro atoms. The van der Waals surface area contributed by atoms with Gasteiger partial charge in [-0.25, -0.2) is 4.98 Å². The van der Waals surface area contributed by atoms with Gasteiger partial charge < -0.3 is 15.4 Å². The molecular formula is C17H17BrN6O. The van der Waals surface area contributed by atoms with Gasteiger partial charge in [-0.2, -0.15) is 10.1 Å². The summed E-state index contributed by atoms with van der Waals surface area (Å²) in [5, 5.41) is 13.8. The van der Waals surface area contributed by atoms with Gasteiger partial charge in [0.25, 0.3) is 0 Å². The number of anilines is 4. The average molecular weight is 401 g/mol. The summed E-state index contributed by atoms with van der Waals surface area (Å²) >= 11 is 3.47. The van der Waals surface area contributed by atoms with Crippen molar-refractivity contribution < 1.29 is 4.74 Å². The van der Waals surface area contributed by atoms with Crippen LogP contribution in [0, 0.1) is 0 Å². The molecule has 2 heterocycles. The van der Waals surface area contributed by atoms with E-state index in [1.54, 1.807) is 13.3 Å². The highest BCUT2D eigenvalue weighted by atomic mass is 79.9. The van der Waals surface area contributed by atoms with Crippen molar-refractivity contribution >= 4 is 39.2 Å². The van der Waals surface area contributed by atoms with Crippen LogP contribution in [-0.4, -0.2) is 27.3 Å². The molecule has 128 valence electrons. The second-order valence-corrected chi connectivity index (χ2v) is 6.68. The summed E-state index contributed by atoms with van der Waals surface area (Å²) in [7, 11) is 1.63. The van der Waals surface area contributed by atoms with Gasteiger partial charge in [-0.1, -0.05) is 12.1 Å². The first-order chi connectivity index (χ1) is 12.2. The SMILES string of the molecule is COc1ccccc1Nc1ncc(Br)c(Nc2cc(C3CC3)[nH]n2)n1. The first-order valence-corrected chi connectivity index (χ1v) is 8.77. The highest BCUT2D eigenvalue weighted by Gasteiger charge is 2.25. The summed E-state index contributed by atoms with van der Waals surface area (Å²) < 4.78 is 6.10. The Morgan fingerprint density at radius 1 is 1.24 bits per heavy atom. The number of aromatic nitrogens is 4. The number of ether oxygens (including phenoxy) is 1.